The predicted molar refractivity (Wildman–Crippen MR) is 110 cm³/mol. The molecule has 0 N–H and O–H groups in total. The molecule has 6 nitrogen and oxygen atoms in total. The van der Waals surface area contributed by atoms with Gasteiger partial charge in [-0.2, -0.15) is 0 Å². The third kappa shape index (κ3) is 4.37. The van der Waals surface area contributed by atoms with E-state index in [1.807, 2.05) is 6.07 Å². The van der Waals surface area contributed by atoms with E-state index < -0.39 is 11.5 Å². The van der Waals surface area contributed by atoms with Gasteiger partial charge in [0.1, 0.15) is 11.3 Å². The lowest BCUT2D eigenvalue weighted by Crippen LogP contribution is -2.25. The Morgan fingerprint density at radius 1 is 1.00 bits per heavy atom. The quantitative estimate of drug-likeness (QED) is 0.330. The van der Waals surface area contributed by atoms with Gasteiger partial charge >= 0.3 is 5.97 Å². The van der Waals surface area contributed by atoms with Crippen molar-refractivity contribution in [1.29, 1.82) is 0 Å². The summed E-state index contributed by atoms with van der Waals surface area (Å²) >= 11 is 0. The molecule has 0 unspecified atom stereocenters. The summed E-state index contributed by atoms with van der Waals surface area (Å²) in [5, 5.41) is 0. The van der Waals surface area contributed by atoms with Crippen LogP contribution in [0.15, 0.2) is 59.5 Å². The third-order valence-corrected chi connectivity index (χ3v) is 4.48. The van der Waals surface area contributed by atoms with Crippen LogP contribution in [0.4, 0.5) is 0 Å². The first-order valence-electron chi connectivity index (χ1n) is 9.65. The van der Waals surface area contributed by atoms with Crippen LogP contribution in [-0.4, -0.2) is 29.4 Å². The first-order chi connectivity index (χ1) is 14.1. The van der Waals surface area contributed by atoms with Crippen LogP contribution in [0.2, 0.25) is 0 Å². The van der Waals surface area contributed by atoms with Crippen LogP contribution in [0.1, 0.15) is 53.0 Å². The molecule has 0 fully saturated rings. The molecule has 0 radical (unpaired) electrons. The van der Waals surface area contributed by atoms with Crippen LogP contribution in [0, 0.1) is 0 Å². The molecule has 0 amide bonds. The highest BCUT2D eigenvalue weighted by Crippen LogP contribution is 2.20. The topological polar surface area (TPSA) is 74.1 Å². The van der Waals surface area contributed by atoms with Crippen molar-refractivity contribution in [3.8, 4) is 5.75 Å². The summed E-state index contributed by atoms with van der Waals surface area (Å²) in [7, 11) is 0. The number of hydrogen-bond acceptors (Lipinski definition) is 5. The van der Waals surface area contributed by atoms with Gasteiger partial charge in [-0.05, 0) is 31.5 Å². The number of fused-ring (bicyclic) bond motifs is 1. The summed E-state index contributed by atoms with van der Waals surface area (Å²) in [6.45, 7) is 4.36. The normalized spacial score (nSPS) is 10.7. The maximum absolute atomic E-state index is 13.1. The first-order valence-corrected chi connectivity index (χ1v) is 9.65. The van der Waals surface area contributed by atoms with E-state index in [9.17, 15) is 14.4 Å². The molecule has 1 aromatic carbocycles. The van der Waals surface area contributed by atoms with Gasteiger partial charge in [0, 0.05) is 11.1 Å². The van der Waals surface area contributed by atoms with E-state index in [2.05, 4.69) is 6.92 Å². The molecule has 0 atom stereocenters. The number of pyridine rings is 2. The molecular formula is C23H23NO5. The fourth-order valence-corrected chi connectivity index (χ4v) is 2.98. The molecule has 3 rings (SSSR count). The minimum atomic E-state index is -0.758. The third-order valence-electron chi connectivity index (χ3n) is 4.48. The zero-order valence-corrected chi connectivity index (χ0v) is 16.5. The van der Waals surface area contributed by atoms with Gasteiger partial charge in [0.25, 0.3) is 5.56 Å². The van der Waals surface area contributed by atoms with Gasteiger partial charge in [0.15, 0.2) is 5.78 Å². The second-order valence-electron chi connectivity index (χ2n) is 6.51. The van der Waals surface area contributed by atoms with E-state index >= 15 is 0 Å². The monoisotopic (exact) mass is 393 g/mol. The van der Waals surface area contributed by atoms with Crippen molar-refractivity contribution in [2.24, 2.45) is 0 Å². The SMILES string of the molecule is CCCCOc1ccc2c(C(=O)c3ccccc3)cc(C(=O)OCC)c(=O)n2c1. The second-order valence-corrected chi connectivity index (χ2v) is 6.51. The number of esters is 1. The molecule has 0 saturated carbocycles. The number of ketones is 1. The van der Waals surface area contributed by atoms with E-state index in [1.165, 1.54) is 16.7 Å². The van der Waals surface area contributed by atoms with Crippen LogP contribution < -0.4 is 10.3 Å². The molecule has 6 heteroatoms. The summed E-state index contributed by atoms with van der Waals surface area (Å²) in [6.07, 6.45) is 3.38. The summed E-state index contributed by atoms with van der Waals surface area (Å²) in [5.41, 5.74) is 0.378. The molecule has 150 valence electrons. The lowest BCUT2D eigenvalue weighted by molar-refractivity contribution is 0.0524. The average Bonchev–Trinajstić information content (AvgIpc) is 2.75. The molecule has 0 saturated heterocycles. The number of carbonyl (C=O) groups is 2. The number of benzene rings is 1. The van der Waals surface area contributed by atoms with Gasteiger partial charge in [-0.25, -0.2) is 4.79 Å². The number of hydrogen-bond donors (Lipinski definition) is 0. The van der Waals surface area contributed by atoms with Crippen molar-refractivity contribution < 1.29 is 19.1 Å². The van der Waals surface area contributed by atoms with Crippen LogP contribution in [0.25, 0.3) is 5.52 Å². The Hall–Kier alpha value is -3.41. The number of ether oxygens (including phenoxy) is 2. The average molecular weight is 393 g/mol. The fourth-order valence-electron chi connectivity index (χ4n) is 2.98. The van der Waals surface area contributed by atoms with Gasteiger partial charge in [0.2, 0.25) is 0 Å². The van der Waals surface area contributed by atoms with E-state index in [-0.39, 0.29) is 23.5 Å². The van der Waals surface area contributed by atoms with E-state index in [0.717, 1.165) is 12.8 Å². The highest BCUT2D eigenvalue weighted by atomic mass is 16.5. The molecule has 0 aliphatic carbocycles. The minimum Gasteiger partial charge on any atom is -0.492 e. The van der Waals surface area contributed by atoms with Crippen molar-refractivity contribution in [1.82, 2.24) is 4.40 Å². The lowest BCUT2D eigenvalue weighted by Gasteiger charge is -2.12. The number of aromatic nitrogens is 1. The van der Waals surface area contributed by atoms with Crippen LogP contribution in [0.5, 0.6) is 5.75 Å². The van der Waals surface area contributed by atoms with E-state index in [4.69, 9.17) is 9.47 Å². The molecule has 29 heavy (non-hydrogen) atoms. The van der Waals surface area contributed by atoms with Crippen molar-refractivity contribution in [3.63, 3.8) is 0 Å². The number of rotatable bonds is 8. The van der Waals surface area contributed by atoms with Crippen molar-refractivity contribution in [2.75, 3.05) is 13.2 Å². The summed E-state index contributed by atoms with van der Waals surface area (Å²) in [5.74, 6) is -0.549. The Morgan fingerprint density at radius 3 is 2.45 bits per heavy atom. The van der Waals surface area contributed by atoms with Crippen molar-refractivity contribution in [2.45, 2.75) is 26.7 Å². The number of unbranched alkanes of at least 4 members (excludes halogenated alkanes) is 1. The van der Waals surface area contributed by atoms with E-state index in [1.54, 1.807) is 43.3 Å². The highest BCUT2D eigenvalue weighted by molar-refractivity contribution is 6.14. The molecule has 2 heterocycles. The molecule has 0 aliphatic rings. The van der Waals surface area contributed by atoms with Crippen LogP contribution >= 0.6 is 0 Å². The zero-order chi connectivity index (χ0) is 20.8. The van der Waals surface area contributed by atoms with Gasteiger partial charge in [-0.15, -0.1) is 0 Å². The number of carbonyl (C=O) groups excluding carboxylic acids is 2. The lowest BCUT2D eigenvalue weighted by atomic mass is 10.0. The minimum absolute atomic E-state index is 0.128. The Kier molecular flexibility index (Phi) is 6.44. The Labute approximate surface area is 168 Å². The predicted octanol–water partition coefficient (Wildman–Crippen LogP) is 3.89. The van der Waals surface area contributed by atoms with Crippen molar-refractivity contribution in [3.05, 3.63) is 81.8 Å². The van der Waals surface area contributed by atoms with Gasteiger partial charge in [-0.3, -0.25) is 14.0 Å². The van der Waals surface area contributed by atoms with Gasteiger partial charge in [-0.1, -0.05) is 43.7 Å². The maximum atomic E-state index is 13.1. The fraction of sp³-hybridized carbons (Fsp3) is 0.261. The Morgan fingerprint density at radius 2 is 1.76 bits per heavy atom. The first kappa shape index (κ1) is 20.3. The molecular weight excluding hydrogens is 370 g/mol. The zero-order valence-electron chi connectivity index (χ0n) is 16.5. The molecule has 3 aromatic rings. The largest absolute Gasteiger partial charge is 0.492 e. The van der Waals surface area contributed by atoms with Crippen molar-refractivity contribution >= 4 is 17.3 Å². The molecule has 0 bridgehead atoms. The second kappa shape index (κ2) is 9.19. The standard InChI is InChI=1S/C23H23NO5/c1-3-5-13-29-17-11-12-20-18(21(25)16-9-7-6-8-10-16)14-19(23(27)28-4-2)22(26)24(20)15-17/h6-12,14-15H,3-5,13H2,1-2H3. The smallest absolute Gasteiger partial charge is 0.343 e. The summed E-state index contributed by atoms with van der Waals surface area (Å²) in [6, 6.07) is 13.4. The van der Waals surface area contributed by atoms with Gasteiger partial charge < -0.3 is 9.47 Å². The maximum Gasteiger partial charge on any atom is 0.343 e. The molecule has 2 aromatic heterocycles. The molecule has 0 aliphatic heterocycles. The summed E-state index contributed by atoms with van der Waals surface area (Å²) in [4.78, 5) is 38.4. The van der Waals surface area contributed by atoms with Gasteiger partial charge in [0.05, 0.1) is 24.9 Å². The molecule has 0 spiro atoms. The van der Waals surface area contributed by atoms with Crippen LogP contribution in [-0.2, 0) is 4.74 Å². The summed E-state index contributed by atoms with van der Waals surface area (Å²) < 4.78 is 12.0. The Balaban J connectivity index is 2.18. The van der Waals surface area contributed by atoms with E-state index in [0.29, 0.717) is 23.4 Å². The Bertz CT molecular complexity index is 1090. The van der Waals surface area contributed by atoms with Crippen LogP contribution in [0.3, 0.4) is 0 Å². The number of nitrogens with zero attached hydrogens (tertiary/aromatic N) is 1. The highest BCUT2D eigenvalue weighted by Gasteiger charge is 2.21.